The van der Waals surface area contributed by atoms with E-state index >= 15 is 0 Å². The van der Waals surface area contributed by atoms with Crippen molar-refractivity contribution in [2.24, 2.45) is 5.92 Å². The highest BCUT2D eigenvalue weighted by Gasteiger charge is 2.35. The van der Waals surface area contributed by atoms with E-state index in [4.69, 9.17) is 9.47 Å². The minimum atomic E-state index is -0.469. The van der Waals surface area contributed by atoms with Gasteiger partial charge in [0.15, 0.2) is 11.5 Å². The van der Waals surface area contributed by atoms with Gasteiger partial charge in [-0.05, 0) is 48.6 Å². The smallest absolute Gasteiger partial charge is 0.243 e. The molecule has 4 rings (SSSR count). The highest BCUT2D eigenvalue weighted by Crippen LogP contribution is 2.36. The molecule has 7 heteroatoms. The number of fused-ring (bicyclic) bond motifs is 1. The van der Waals surface area contributed by atoms with Gasteiger partial charge < -0.3 is 24.7 Å². The summed E-state index contributed by atoms with van der Waals surface area (Å²) in [7, 11) is 1.63. The Morgan fingerprint density at radius 2 is 1.97 bits per heavy atom. The topological polar surface area (TPSA) is 83.7 Å². The minimum absolute atomic E-state index is 0.0224. The lowest BCUT2D eigenvalue weighted by molar-refractivity contribution is -0.139. The molecule has 186 valence electrons. The number of nitrogens with one attached hydrogen (secondary N) is 2. The normalized spacial score (nSPS) is 15.5. The van der Waals surface area contributed by atoms with Crippen LogP contribution in [0.1, 0.15) is 50.7 Å². The molecule has 1 saturated heterocycles. The van der Waals surface area contributed by atoms with Gasteiger partial charge in [0.1, 0.15) is 6.04 Å². The molecule has 1 aliphatic heterocycles. The van der Waals surface area contributed by atoms with Gasteiger partial charge in [-0.1, -0.05) is 38.1 Å². The van der Waals surface area contributed by atoms with Gasteiger partial charge in [-0.25, -0.2) is 0 Å². The van der Waals surface area contributed by atoms with Crippen LogP contribution in [0.2, 0.25) is 0 Å². The van der Waals surface area contributed by atoms with Crippen LogP contribution in [0.25, 0.3) is 10.9 Å². The lowest BCUT2D eigenvalue weighted by Crippen LogP contribution is -2.51. The van der Waals surface area contributed by atoms with Crippen molar-refractivity contribution in [2.75, 3.05) is 26.8 Å². The number of carbonyl (C=O) groups is 2. The quantitative estimate of drug-likeness (QED) is 0.451. The first-order valence-corrected chi connectivity index (χ1v) is 12.4. The number of H-pyrrole nitrogens is 1. The van der Waals surface area contributed by atoms with Crippen LogP contribution in [-0.2, 0) is 9.59 Å². The zero-order chi connectivity index (χ0) is 24.9. The summed E-state index contributed by atoms with van der Waals surface area (Å²) in [6.45, 7) is 7.49. The minimum Gasteiger partial charge on any atom is -0.493 e. The van der Waals surface area contributed by atoms with Gasteiger partial charge in [-0.2, -0.15) is 0 Å². The number of aromatic amines is 1. The summed E-state index contributed by atoms with van der Waals surface area (Å²) in [5, 5.41) is 4.28. The first-order chi connectivity index (χ1) is 16.9. The Hall–Kier alpha value is -3.48. The second-order valence-corrected chi connectivity index (χ2v) is 9.31. The molecule has 0 saturated carbocycles. The highest BCUT2D eigenvalue weighted by atomic mass is 16.5. The number of carbonyl (C=O) groups excluding carboxylic acids is 2. The third-order valence-corrected chi connectivity index (χ3v) is 6.71. The summed E-state index contributed by atoms with van der Waals surface area (Å²) in [4.78, 5) is 30.9. The number of amides is 2. The van der Waals surface area contributed by atoms with Crippen LogP contribution in [-0.4, -0.2) is 54.5 Å². The van der Waals surface area contributed by atoms with Crippen LogP contribution in [0.15, 0.2) is 48.7 Å². The Morgan fingerprint density at radius 3 is 2.66 bits per heavy atom. The molecule has 2 aromatic carbocycles. The number of likely N-dealkylation sites (tertiary alicyclic amines) is 1. The maximum atomic E-state index is 13.4. The van der Waals surface area contributed by atoms with Crippen molar-refractivity contribution in [1.29, 1.82) is 0 Å². The van der Waals surface area contributed by atoms with Crippen molar-refractivity contribution >= 4 is 22.7 Å². The number of hydrogen-bond donors (Lipinski definition) is 2. The second kappa shape index (κ2) is 10.8. The first-order valence-electron chi connectivity index (χ1n) is 12.4. The van der Waals surface area contributed by atoms with E-state index in [1.165, 1.54) is 0 Å². The standard InChI is InChI=1S/C28H35N3O4/c1-5-35-24-13-12-19(15-25(24)34-4)21(22-17-29-23-10-7-6-9-20(22)23)16-30-28(33)27(18(2)3)31-14-8-11-26(31)32/h6-7,9-10,12-13,15,17-18,21,27,29H,5,8,11,14,16H2,1-4H3,(H,30,33)/t21-,27-/m0/s1. The van der Waals surface area contributed by atoms with E-state index in [0.29, 0.717) is 37.6 Å². The van der Waals surface area contributed by atoms with E-state index in [1.807, 2.05) is 63.4 Å². The molecule has 2 heterocycles. The predicted octanol–water partition coefficient (Wildman–Crippen LogP) is 4.47. The summed E-state index contributed by atoms with van der Waals surface area (Å²) in [5.41, 5.74) is 3.14. The number of para-hydroxylation sites is 1. The van der Waals surface area contributed by atoms with Crippen LogP contribution in [0.5, 0.6) is 11.5 Å². The molecular formula is C28H35N3O4. The van der Waals surface area contributed by atoms with Gasteiger partial charge in [0.25, 0.3) is 0 Å². The van der Waals surface area contributed by atoms with E-state index in [-0.39, 0.29) is 23.7 Å². The van der Waals surface area contributed by atoms with Crippen LogP contribution in [0, 0.1) is 5.92 Å². The maximum Gasteiger partial charge on any atom is 0.243 e. The lowest BCUT2D eigenvalue weighted by atomic mass is 9.90. The summed E-state index contributed by atoms with van der Waals surface area (Å²) in [5.74, 6) is 1.19. The van der Waals surface area contributed by atoms with E-state index in [2.05, 4.69) is 16.4 Å². The van der Waals surface area contributed by atoms with Gasteiger partial charge >= 0.3 is 0 Å². The number of benzene rings is 2. The van der Waals surface area contributed by atoms with Gasteiger partial charge in [0.05, 0.1) is 13.7 Å². The van der Waals surface area contributed by atoms with Crippen LogP contribution >= 0.6 is 0 Å². The SMILES string of the molecule is CCOc1ccc([C@H](CNC(=O)[C@H](C(C)C)N2CCCC2=O)c2c[nH]c3ccccc23)cc1OC. The molecular weight excluding hydrogens is 442 g/mol. The molecule has 7 nitrogen and oxygen atoms in total. The van der Waals surface area contributed by atoms with Crippen molar-refractivity contribution in [3.05, 3.63) is 59.8 Å². The van der Waals surface area contributed by atoms with Gasteiger partial charge in [0.2, 0.25) is 11.8 Å². The molecule has 2 N–H and O–H groups in total. The average molecular weight is 478 g/mol. The third kappa shape index (κ3) is 5.14. The van der Waals surface area contributed by atoms with Crippen molar-refractivity contribution in [3.8, 4) is 11.5 Å². The van der Waals surface area contributed by atoms with Crippen LogP contribution in [0.4, 0.5) is 0 Å². The molecule has 0 unspecified atom stereocenters. The zero-order valence-electron chi connectivity index (χ0n) is 21.0. The molecule has 1 aromatic heterocycles. The predicted molar refractivity (Wildman–Crippen MR) is 137 cm³/mol. The number of rotatable bonds is 10. The summed E-state index contributed by atoms with van der Waals surface area (Å²) >= 11 is 0. The fourth-order valence-electron chi connectivity index (χ4n) is 5.04. The molecule has 2 atom stereocenters. The number of methoxy groups -OCH3 is 1. The average Bonchev–Trinajstić information content (AvgIpc) is 3.46. The van der Waals surface area contributed by atoms with Gasteiger partial charge in [0, 0.05) is 42.5 Å². The summed E-state index contributed by atoms with van der Waals surface area (Å²) in [6.07, 6.45) is 3.33. The molecule has 3 aromatic rings. The fraction of sp³-hybridized carbons (Fsp3) is 0.429. The van der Waals surface area contributed by atoms with Crippen molar-refractivity contribution in [1.82, 2.24) is 15.2 Å². The highest BCUT2D eigenvalue weighted by molar-refractivity contribution is 5.89. The van der Waals surface area contributed by atoms with Crippen molar-refractivity contribution in [2.45, 2.75) is 45.6 Å². The molecule has 1 fully saturated rings. The van der Waals surface area contributed by atoms with E-state index < -0.39 is 6.04 Å². The third-order valence-electron chi connectivity index (χ3n) is 6.71. The molecule has 2 amide bonds. The largest absolute Gasteiger partial charge is 0.493 e. The monoisotopic (exact) mass is 477 g/mol. The molecule has 0 spiro atoms. The van der Waals surface area contributed by atoms with Crippen LogP contribution < -0.4 is 14.8 Å². The van der Waals surface area contributed by atoms with Crippen molar-refractivity contribution < 1.29 is 19.1 Å². The van der Waals surface area contributed by atoms with Gasteiger partial charge in [-0.3, -0.25) is 9.59 Å². The van der Waals surface area contributed by atoms with Gasteiger partial charge in [-0.15, -0.1) is 0 Å². The van der Waals surface area contributed by atoms with Crippen LogP contribution in [0.3, 0.4) is 0 Å². The summed E-state index contributed by atoms with van der Waals surface area (Å²) < 4.78 is 11.3. The zero-order valence-corrected chi connectivity index (χ0v) is 21.0. The molecule has 0 bridgehead atoms. The maximum absolute atomic E-state index is 13.4. The molecule has 1 aliphatic rings. The first kappa shape index (κ1) is 24.6. The van der Waals surface area contributed by atoms with E-state index in [1.54, 1.807) is 12.0 Å². The molecule has 0 radical (unpaired) electrons. The van der Waals surface area contributed by atoms with E-state index in [9.17, 15) is 9.59 Å². The second-order valence-electron chi connectivity index (χ2n) is 9.31. The molecule has 0 aliphatic carbocycles. The number of nitrogens with zero attached hydrogens (tertiary/aromatic N) is 1. The number of ether oxygens (including phenoxy) is 2. The Morgan fingerprint density at radius 1 is 1.17 bits per heavy atom. The Bertz CT molecular complexity index is 1190. The Balaban J connectivity index is 1.66. The summed E-state index contributed by atoms with van der Waals surface area (Å²) in [6, 6.07) is 13.6. The fourth-order valence-corrected chi connectivity index (χ4v) is 5.04. The van der Waals surface area contributed by atoms with Crippen molar-refractivity contribution in [3.63, 3.8) is 0 Å². The number of hydrogen-bond acceptors (Lipinski definition) is 4. The Kier molecular flexibility index (Phi) is 7.63. The Labute approximate surface area is 206 Å². The molecule has 35 heavy (non-hydrogen) atoms. The lowest BCUT2D eigenvalue weighted by Gasteiger charge is -2.30. The number of aromatic nitrogens is 1. The van der Waals surface area contributed by atoms with E-state index in [0.717, 1.165) is 28.5 Å².